The van der Waals surface area contributed by atoms with Gasteiger partial charge in [-0.2, -0.15) is 0 Å². The van der Waals surface area contributed by atoms with E-state index >= 15 is 0 Å². The van der Waals surface area contributed by atoms with Gasteiger partial charge in [0.2, 0.25) is 0 Å². The molecule has 0 saturated heterocycles. The molecule has 0 aliphatic carbocycles. The number of halogens is 2. The van der Waals surface area contributed by atoms with Crippen LogP contribution in [0.2, 0.25) is 10.0 Å². The molecule has 2 aromatic rings. The number of aryl methyl sites for hydroxylation is 1. The fraction of sp³-hybridized carbons (Fsp3) is 0.0909. The molecule has 1 heterocycles. The minimum atomic E-state index is 0.587. The van der Waals surface area contributed by atoms with E-state index in [2.05, 4.69) is 18.0 Å². The topological polar surface area (TPSA) is 15.8 Å². The predicted octanol–water partition coefficient (Wildman–Crippen LogP) is 4.78. The SMILES string of the molecule is Cc1c[nH]c(Sc2ccc(Cl)c(Cl)c2)c1. The second kappa shape index (κ2) is 4.52. The summed E-state index contributed by atoms with van der Waals surface area (Å²) in [5, 5.41) is 2.28. The van der Waals surface area contributed by atoms with Crippen molar-refractivity contribution >= 4 is 35.0 Å². The highest BCUT2D eigenvalue weighted by Gasteiger charge is 2.02. The van der Waals surface area contributed by atoms with Gasteiger partial charge in [-0.3, -0.25) is 0 Å². The van der Waals surface area contributed by atoms with Crippen LogP contribution in [0.1, 0.15) is 5.56 Å². The first-order chi connectivity index (χ1) is 7.15. The molecular weight excluding hydrogens is 249 g/mol. The van der Waals surface area contributed by atoms with Gasteiger partial charge in [-0.15, -0.1) is 0 Å². The molecule has 0 bridgehead atoms. The van der Waals surface area contributed by atoms with Crippen molar-refractivity contribution < 1.29 is 0 Å². The minimum Gasteiger partial charge on any atom is -0.356 e. The fourth-order valence-corrected chi connectivity index (χ4v) is 2.49. The zero-order chi connectivity index (χ0) is 10.8. The van der Waals surface area contributed by atoms with Gasteiger partial charge in [0.1, 0.15) is 0 Å². The van der Waals surface area contributed by atoms with Crippen LogP contribution in [-0.4, -0.2) is 4.98 Å². The van der Waals surface area contributed by atoms with Crippen LogP contribution in [0, 0.1) is 6.92 Å². The molecule has 1 nitrogen and oxygen atoms in total. The number of nitrogens with one attached hydrogen (secondary N) is 1. The second-order valence-electron chi connectivity index (χ2n) is 3.22. The molecule has 4 heteroatoms. The van der Waals surface area contributed by atoms with Crippen LogP contribution in [0.15, 0.2) is 40.4 Å². The normalized spacial score (nSPS) is 10.6. The van der Waals surface area contributed by atoms with Gasteiger partial charge in [-0.05, 0) is 36.8 Å². The van der Waals surface area contributed by atoms with Crippen molar-refractivity contribution in [2.75, 3.05) is 0 Å². The summed E-state index contributed by atoms with van der Waals surface area (Å²) in [4.78, 5) is 4.25. The molecule has 1 aromatic carbocycles. The quantitative estimate of drug-likeness (QED) is 0.819. The zero-order valence-electron chi connectivity index (χ0n) is 8.05. The maximum atomic E-state index is 5.93. The van der Waals surface area contributed by atoms with E-state index in [1.165, 1.54) is 5.56 Å². The average Bonchev–Trinajstić information content (AvgIpc) is 2.58. The van der Waals surface area contributed by atoms with Crippen molar-refractivity contribution in [3.8, 4) is 0 Å². The number of H-pyrrole nitrogens is 1. The molecule has 0 amide bonds. The molecule has 0 atom stereocenters. The number of aromatic nitrogens is 1. The molecule has 0 aliphatic heterocycles. The van der Waals surface area contributed by atoms with E-state index in [0.717, 1.165) is 9.92 Å². The summed E-state index contributed by atoms with van der Waals surface area (Å²) in [5.41, 5.74) is 1.22. The van der Waals surface area contributed by atoms with E-state index in [1.807, 2.05) is 24.4 Å². The second-order valence-corrected chi connectivity index (χ2v) is 5.15. The summed E-state index contributed by atoms with van der Waals surface area (Å²) >= 11 is 13.4. The smallest absolute Gasteiger partial charge is 0.0772 e. The third-order valence-electron chi connectivity index (χ3n) is 1.92. The van der Waals surface area contributed by atoms with Gasteiger partial charge in [0.15, 0.2) is 0 Å². The monoisotopic (exact) mass is 257 g/mol. The van der Waals surface area contributed by atoms with Crippen molar-refractivity contribution in [1.82, 2.24) is 4.98 Å². The molecule has 0 fully saturated rings. The van der Waals surface area contributed by atoms with Gasteiger partial charge in [-0.25, -0.2) is 0 Å². The fourth-order valence-electron chi connectivity index (χ4n) is 1.20. The Hall–Kier alpha value is -0.570. The van der Waals surface area contributed by atoms with Crippen LogP contribution < -0.4 is 0 Å². The Morgan fingerprint density at radius 1 is 1.13 bits per heavy atom. The molecule has 0 radical (unpaired) electrons. The molecule has 0 aliphatic rings. The highest BCUT2D eigenvalue weighted by atomic mass is 35.5. The van der Waals surface area contributed by atoms with E-state index in [9.17, 15) is 0 Å². The van der Waals surface area contributed by atoms with Crippen molar-refractivity contribution in [3.63, 3.8) is 0 Å². The Kier molecular flexibility index (Phi) is 3.29. The summed E-state index contributed by atoms with van der Waals surface area (Å²) in [6, 6.07) is 7.72. The Morgan fingerprint density at radius 2 is 1.93 bits per heavy atom. The van der Waals surface area contributed by atoms with E-state index < -0.39 is 0 Å². The van der Waals surface area contributed by atoms with Crippen LogP contribution >= 0.6 is 35.0 Å². The van der Waals surface area contributed by atoms with Crippen LogP contribution in [0.5, 0.6) is 0 Å². The standard InChI is InChI=1S/C11H9Cl2NS/c1-7-4-11(14-6-7)15-8-2-3-9(12)10(13)5-8/h2-6,14H,1H3. The number of hydrogen-bond acceptors (Lipinski definition) is 1. The highest BCUT2D eigenvalue weighted by molar-refractivity contribution is 7.99. The van der Waals surface area contributed by atoms with Gasteiger partial charge in [0, 0.05) is 11.1 Å². The third-order valence-corrected chi connectivity index (χ3v) is 3.60. The lowest BCUT2D eigenvalue weighted by atomic mass is 10.4. The number of aromatic amines is 1. The number of rotatable bonds is 2. The average molecular weight is 258 g/mol. The molecule has 78 valence electrons. The molecular formula is C11H9Cl2NS. The Balaban J connectivity index is 2.21. The van der Waals surface area contributed by atoms with Gasteiger partial charge in [-0.1, -0.05) is 35.0 Å². The number of benzene rings is 1. The molecule has 15 heavy (non-hydrogen) atoms. The van der Waals surface area contributed by atoms with Crippen LogP contribution in [0.25, 0.3) is 0 Å². The Bertz CT molecular complexity index is 479. The summed E-state index contributed by atoms with van der Waals surface area (Å²) in [7, 11) is 0. The van der Waals surface area contributed by atoms with Crippen LogP contribution in [-0.2, 0) is 0 Å². The van der Waals surface area contributed by atoms with E-state index in [1.54, 1.807) is 11.8 Å². The van der Waals surface area contributed by atoms with Gasteiger partial charge >= 0.3 is 0 Å². The van der Waals surface area contributed by atoms with Gasteiger partial charge in [0.05, 0.1) is 15.1 Å². The van der Waals surface area contributed by atoms with E-state index in [-0.39, 0.29) is 0 Å². The first kappa shape index (κ1) is 10.9. The predicted molar refractivity (Wildman–Crippen MR) is 66.1 cm³/mol. The first-order valence-electron chi connectivity index (χ1n) is 4.43. The van der Waals surface area contributed by atoms with Gasteiger partial charge < -0.3 is 4.98 Å². The lowest BCUT2D eigenvalue weighted by molar-refractivity contribution is 1.20. The van der Waals surface area contributed by atoms with Gasteiger partial charge in [0.25, 0.3) is 0 Å². The number of hydrogen-bond donors (Lipinski definition) is 1. The summed E-state index contributed by atoms with van der Waals surface area (Å²) in [6.45, 7) is 2.05. The highest BCUT2D eigenvalue weighted by Crippen LogP contribution is 2.31. The van der Waals surface area contributed by atoms with E-state index in [4.69, 9.17) is 23.2 Å². The molecule has 2 rings (SSSR count). The first-order valence-corrected chi connectivity index (χ1v) is 6.00. The maximum absolute atomic E-state index is 5.93. The molecule has 1 N–H and O–H groups in total. The van der Waals surface area contributed by atoms with Crippen molar-refractivity contribution in [3.05, 3.63) is 46.1 Å². The summed E-state index contributed by atoms with van der Waals surface area (Å²) in [5.74, 6) is 0. The molecule has 0 unspecified atom stereocenters. The van der Waals surface area contributed by atoms with Crippen molar-refractivity contribution in [2.45, 2.75) is 16.8 Å². The maximum Gasteiger partial charge on any atom is 0.0772 e. The van der Waals surface area contributed by atoms with Crippen molar-refractivity contribution in [1.29, 1.82) is 0 Å². The summed E-state index contributed by atoms with van der Waals surface area (Å²) in [6.07, 6.45) is 1.97. The third kappa shape index (κ3) is 2.71. The Morgan fingerprint density at radius 3 is 2.53 bits per heavy atom. The molecule has 0 saturated carbocycles. The zero-order valence-corrected chi connectivity index (χ0v) is 10.4. The van der Waals surface area contributed by atoms with E-state index in [0.29, 0.717) is 10.0 Å². The lowest BCUT2D eigenvalue weighted by Gasteiger charge is -2.00. The Labute approximate surface area is 103 Å². The molecule has 0 spiro atoms. The van der Waals surface area contributed by atoms with Crippen molar-refractivity contribution in [2.24, 2.45) is 0 Å². The van der Waals surface area contributed by atoms with Crippen LogP contribution in [0.3, 0.4) is 0 Å². The summed E-state index contributed by atoms with van der Waals surface area (Å²) < 4.78 is 0. The largest absolute Gasteiger partial charge is 0.356 e. The lowest BCUT2D eigenvalue weighted by Crippen LogP contribution is -1.74. The van der Waals surface area contributed by atoms with Crippen LogP contribution in [0.4, 0.5) is 0 Å². The molecule has 1 aromatic heterocycles. The minimum absolute atomic E-state index is 0.587.